The second-order valence-corrected chi connectivity index (χ2v) is 4.79. The topological polar surface area (TPSA) is 49.4 Å². The molecule has 0 bridgehead atoms. The summed E-state index contributed by atoms with van der Waals surface area (Å²) in [7, 11) is 0. The molecule has 2 rings (SSSR count). The highest BCUT2D eigenvalue weighted by atomic mass is 16.2. The molecule has 4 heteroatoms. The number of hydrogen-bond acceptors (Lipinski definition) is 2. The summed E-state index contributed by atoms with van der Waals surface area (Å²) >= 11 is 0. The summed E-state index contributed by atoms with van der Waals surface area (Å²) in [6, 6.07) is -0.280. The lowest BCUT2D eigenvalue weighted by Crippen LogP contribution is -2.41. The van der Waals surface area contributed by atoms with E-state index in [0.29, 0.717) is 0 Å². The Morgan fingerprint density at radius 3 is 2.56 bits per heavy atom. The summed E-state index contributed by atoms with van der Waals surface area (Å²) < 4.78 is 0. The predicted molar refractivity (Wildman–Crippen MR) is 60.9 cm³/mol. The van der Waals surface area contributed by atoms with E-state index >= 15 is 0 Å². The molecule has 0 aromatic rings. The minimum atomic E-state index is -0.264. The van der Waals surface area contributed by atoms with Gasteiger partial charge in [0.2, 0.25) is 0 Å². The highest BCUT2D eigenvalue weighted by molar-refractivity contribution is 6.04. The zero-order chi connectivity index (χ0) is 11.5. The molecule has 1 heterocycles. The Balaban J connectivity index is 2.03. The van der Waals surface area contributed by atoms with Crippen molar-refractivity contribution in [1.82, 2.24) is 10.2 Å². The molecule has 1 unspecified atom stereocenters. The van der Waals surface area contributed by atoms with Gasteiger partial charge in [0, 0.05) is 6.04 Å². The van der Waals surface area contributed by atoms with Crippen molar-refractivity contribution in [2.24, 2.45) is 0 Å². The van der Waals surface area contributed by atoms with Crippen LogP contribution in [0.25, 0.3) is 0 Å². The normalized spacial score (nSPS) is 27.3. The smallest absolute Gasteiger partial charge is 0.325 e. The molecule has 16 heavy (non-hydrogen) atoms. The quantitative estimate of drug-likeness (QED) is 0.746. The molecule has 2 fully saturated rings. The average Bonchev–Trinajstić information content (AvgIpc) is 2.56. The highest BCUT2D eigenvalue weighted by Crippen LogP contribution is 2.25. The van der Waals surface area contributed by atoms with E-state index < -0.39 is 0 Å². The Hall–Kier alpha value is -1.06. The Morgan fingerprint density at radius 2 is 1.94 bits per heavy atom. The molecule has 1 atom stereocenters. The molecule has 0 radical (unpaired) electrons. The SMILES string of the molecule is CCCC1NC(=O)N(C2CCCCC2)C1=O. The first kappa shape index (κ1) is 11.4. The first-order valence-electron chi connectivity index (χ1n) is 6.37. The van der Waals surface area contributed by atoms with Gasteiger partial charge in [0.15, 0.2) is 0 Å². The molecule has 4 nitrogen and oxygen atoms in total. The van der Waals surface area contributed by atoms with Crippen LogP contribution in [0.4, 0.5) is 4.79 Å². The standard InChI is InChI=1S/C12H20N2O2/c1-2-6-10-11(15)14(12(16)13-10)9-7-4-3-5-8-9/h9-10H,2-8H2,1H3,(H,13,16). The minimum Gasteiger partial charge on any atom is -0.326 e. The van der Waals surface area contributed by atoms with Gasteiger partial charge in [0.25, 0.3) is 5.91 Å². The molecule has 0 aromatic heterocycles. The number of carbonyl (C=O) groups excluding carboxylic acids is 2. The molecular weight excluding hydrogens is 204 g/mol. The lowest BCUT2D eigenvalue weighted by molar-refractivity contribution is -0.129. The number of urea groups is 1. The summed E-state index contributed by atoms with van der Waals surface area (Å²) in [4.78, 5) is 25.3. The van der Waals surface area contributed by atoms with Crippen LogP contribution in [-0.4, -0.2) is 28.9 Å². The molecule has 90 valence electrons. The maximum Gasteiger partial charge on any atom is 0.325 e. The molecule has 1 aliphatic heterocycles. The van der Waals surface area contributed by atoms with Gasteiger partial charge in [-0.1, -0.05) is 32.6 Å². The highest BCUT2D eigenvalue weighted by Gasteiger charge is 2.41. The summed E-state index contributed by atoms with van der Waals surface area (Å²) in [5.74, 6) is -0.00116. The molecule has 1 N–H and O–H groups in total. The van der Waals surface area contributed by atoms with Gasteiger partial charge >= 0.3 is 6.03 Å². The van der Waals surface area contributed by atoms with Gasteiger partial charge in [-0.15, -0.1) is 0 Å². The van der Waals surface area contributed by atoms with Crippen molar-refractivity contribution < 1.29 is 9.59 Å². The van der Waals surface area contributed by atoms with E-state index in [9.17, 15) is 9.59 Å². The van der Waals surface area contributed by atoms with Crippen molar-refractivity contribution in [1.29, 1.82) is 0 Å². The van der Waals surface area contributed by atoms with Crippen molar-refractivity contribution in [2.45, 2.75) is 64.0 Å². The van der Waals surface area contributed by atoms with Crippen LogP contribution in [0.1, 0.15) is 51.9 Å². The molecule has 0 spiro atoms. The van der Waals surface area contributed by atoms with Crippen LogP contribution in [0, 0.1) is 0 Å². The van der Waals surface area contributed by atoms with Gasteiger partial charge in [-0.25, -0.2) is 4.79 Å². The third kappa shape index (κ3) is 2.06. The van der Waals surface area contributed by atoms with E-state index in [4.69, 9.17) is 0 Å². The third-order valence-corrected chi connectivity index (χ3v) is 3.57. The number of rotatable bonds is 3. The van der Waals surface area contributed by atoms with E-state index in [-0.39, 0.29) is 24.0 Å². The number of carbonyl (C=O) groups is 2. The van der Waals surface area contributed by atoms with Crippen molar-refractivity contribution in [3.05, 3.63) is 0 Å². The third-order valence-electron chi connectivity index (χ3n) is 3.57. The van der Waals surface area contributed by atoms with Crippen LogP contribution in [0.2, 0.25) is 0 Å². The Bertz CT molecular complexity index is 285. The fraction of sp³-hybridized carbons (Fsp3) is 0.833. The van der Waals surface area contributed by atoms with Crippen molar-refractivity contribution >= 4 is 11.9 Å². The monoisotopic (exact) mass is 224 g/mol. The molecule has 1 saturated carbocycles. The molecule has 1 saturated heterocycles. The summed E-state index contributed by atoms with van der Waals surface area (Å²) in [6.07, 6.45) is 7.16. The summed E-state index contributed by atoms with van der Waals surface area (Å²) in [5.41, 5.74) is 0. The summed E-state index contributed by atoms with van der Waals surface area (Å²) in [6.45, 7) is 2.03. The van der Waals surface area contributed by atoms with E-state index in [1.54, 1.807) is 0 Å². The average molecular weight is 224 g/mol. The fourth-order valence-corrected chi connectivity index (χ4v) is 2.72. The Morgan fingerprint density at radius 1 is 1.25 bits per heavy atom. The molecule has 2 aliphatic rings. The van der Waals surface area contributed by atoms with Gasteiger partial charge in [-0.05, 0) is 19.3 Å². The Kier molecular flexibility index (Phi) is 3.46. The van der Waals surface area contributed by atoms with Crippen LogP contribution in [0.3, 0.4) is 0 Å². The summed E-state index contributed by atoms with van der Waals surface area (Å²) in [5, 5.41) is 2.79. The van der Waals surface area contributed by atoms with Gasteiger partial charge in [-0.2, -0.15) is 0 Å². The zero-order valence-electron chi connectivity index (χ0n) is 9.87. The van der Waals surface area contributed by atoms with Crippen LogP contribution in [0.5, 0.6) is 0 Å². The van der Waals surface area contributed by atoms with Crippen molar-refractivity contribution in [3.8, 4) is 0 Å². The van der Waals surface area contributed by atoms with E-state index in [1.165, 1.54) is 11.3 Å². The van der Waals surface area contributed by atoms with Crippen molar-refractivity contribution in [2.75, 3.05) is 0 Å². The maximum atomic E-state index is 12.0. The van der Waals surface area contributed by atoms with E-state index in [0.717, 1.165) is 38.5 Å². The molecular formula is C12H20N2O2. The second kappa shape index (κ2) is 4.85. The molecule has 0 aromatic carbocycles. The molecule has 1 aliphatic carbocycles. The van der Waals surface area contributed by atoms with Gasteiger partial charge in [-0.3, -0.25) is 9.69 Å². The van der Waals surface area contributed by atoms with Gasteiger partial charge < -0.3 is 5.32 Å². The minimum absolute atomic E-state index is 0.00116. The fourth-order valence-electron chi connectivity index (χ4n) is 2.72. The number of amides is 3. The van der Waals surface area contributed by atoms with Crippen LogP contribution in [0.15, 0.2) is 0 Å². The van der Waals surface area contributed by atoms with E-state index in [1.807, 2.05) is 6.92 Å². The lowest BCUT2D eigenvalue weighted by Gasteiger charge is -2.28. The largest absolute Gasteiger partial charge is 0.326 e. The zero-order valence-corrected chi connectivity index (χ0v) is 9.87. The number of nitrogens with zero attached hydrogens (tertiary/aromatic N) is 1. The second-order valence-electron chi connectivity index (χ2n) is 4.79. The number of imide groups is 1. The van der Waals surface area contributed by atoms with Gasteiger partial charge in [0.05, 0.1) is 0 Å². The van der Waals surface area contributed by atoms with Crippen LogP contribution in [-0.2, 0) is 4.79 Å². The first-order chi connectivity index (χ1) is 7.74. The first-order valence-corrected chi connectivity index (χ1v) is 6.37. The number of hydrogen-bond donors (Lipinski definition) is 1. The van der Waals surface area contributed by atoms with Crippen molar-refractivity contribution in [3.63, 3.8) is 0 Å². The maximum absolute atomic E-state index is 12.0. The molecule has 3 amide bonds. The predicted octanol–water partition coefficient (Wildman–Crippen LogP) is 2.04. The van der Waals surface area contributed by atoms with Crippen LogP contribution < -0.4 is 5.32 Å². The van der Waals surface area contributed by atoms with E-state index in [2.05, 4.69) is 5.32 Å². The lowest BCUT2D eigenvalue weighted by atomic mass is 9.94. The van der Waals surface area contributed by atoms with Gasteiger partial charge in [0.1, 0.15) is 6.04 Å². The van der Waals surface area contributed by atoms with Crippen LogP contribution >= 0.6 is 0 Å². The number of nitrogens with one attached hydrogen (secondary N) is 1. The Labute approximate surface area is 96.4 Å².